The fraction of sp³-hybridized carbons (Fsp3) is 0.545. The molecule has 1 rings (SSSR count). The molecule has 23 heavy (non-hydrogen) atoms. The van der Waals surface area contributed by atoms with E-state index in [4.69, 9.17) is 0 Å². The highest BCUT2D eigenvalue weighted by atomic mass is 15.2. The Morgan fingerprint density at radius 3 is 2.65 bits per heavy atom. The van der Waals surface area contributed by atoms with Crippen molar-refractivity contribution in [1.82, 2.24) is 4.90 Å². The number of allylic oxidation sites excluding steroid dienone is 6. The second-order valence-electron chi connectivity index (χ2n) is 6.87. The molecule has 0 aliphatic carbocycles. The van der Waals surface area contributed by atoms with E-state index in [-0.39, 0.29) is 0 Å². The fourth-order valence-electron chi connectivity index (χ4n) is 3.12. The molecule has 1 unspecified atom stereocenters. The highest BCUT2D eigenvalue weighted by Crippen LogP contribution is 2.27. The molecule has 1 fully saturated rings. The molecule has 1 aliphatic heterocycles. The summed E-state index contributed by atoms with van der Waals surface area (Å²) >= 11 is 0. The first-order chi connectivity index (χ1) is 11.0. The molecule has 0 spiro atoms. The van der Waals surface area contributed by atoms with Gasteiger partial charge >= 0.3 is 0 Å². The van der Waals surface area contributed by atoms with Crippen LogP contribution in [-0.2, 0) is 0 Å². The van der Waals surface area contributed by atoms with Gasteiger partial charge in [-0.25, -0.2) is 0 Å². The summed E-state index contributed by atoms with van der Waals surface area (Å²) in [6.45, 7) is 17.4. The van der Waals surface area contributed by atoms with Gasteiger partial charge in [0.25, 0.3) is 0 Å². The van der Waals surface area contributed by atoms with Gasteiger partial charge in [-0.2, -0.15) is 0 Å². The molecule has 0 aromatic carbocycles. The van der Waals surface area contributed by atoms with Gasteiger partial charge in [-0.15, -0.1) is 6.58 Å². The summed E-state index contributed by atoms with van der Waals surface area (Å²) in [6.07, 6.45) is 18.4. The van der Waals surface area contributed by atoms with Crippen molar-refractivity contribution in [3.05, 3.63) is 60.9 Å². The zero-order chi connectivity index (χ0) is 17.1. The lowest BCUT2D eigenvalue weighted by atomic mass is 10.1. The van der Waals surface area contributed by atoms with Gasteiger partial charge in [0.2, 0.25) is 0 Å². The van der Waals surface area contributed by atoms with Crippen molar-refractivity contribution >= 4 is 0 Å². The minimum atomic E-state index is 0.550. The quantitative estimate of drug-likeness (QED) is 0.237. The van der Waals surface area contributed by atoms with E-state index in [1.165, 1.54) is 55.4 Å². The van der Waals surface area contributed by atoms with Crippen molar-refractivity contribution in [3.63, 3.8) is 0 Å². The van der Waals surface area contributed by atoms with Crippen molar-refractivity contribution in [1.29, 1.82) is 0 Å². The maximum Gasteiger partial charge on any atom is 0.0473 e. The molecule has 1 atom stereocenters. The fourth-order valence-corrected chi connectivity index (χ4v) is 3.12. The molecule has 0 aromatic heterocycles. The lowest BCUT2D eigenvalue weighted by Crippen LogP contribution is -2.27. The molecule has 0 saturated carbocycles. The lowest BCUT2D eigenvalue weighted by molar-refractivity contribution is 0.325. The Morgan fingerprint density at radius 1 is 1.22 bits per heavy atom. The third-order valence-corrected chi connectivity index (χ3v) is 4.49. The van der Waals surface area contributed by atoms with Gasteiger partial charge in [0, 0.05) is 18.3 Å². The molecule has 0 N–H and O–H groups in total. The standard InChI is InChI=1S/C22H35N/c1-6-12-20(4)14-11-15-22-17-16-21(5)23(22)18-10-8-7-9-13-19(2)3/h6,11-12,15,22H,1-2,5,7-10,13-14,16-18H2,3-4H3/b15-11+,20-12+. The van der Waals surface area contributed by atoms with Gasteiger partial charge < -0.3 is 4.90 Å². The van der Waals surface area contributed by atoms with Gasteiger partial charge in [-0.05, 0) is 52.4 Å². The van der Waals surface area contributed by atoms with Crippen LogP contribution in [0.25, 0.3) is 0 Å². The first-order valence-electron chi connectivity index (χ1n) is 9.08. The molecule has 128 valence electrons. The average molecular weight is 314 g/mol. The summed E-state index contributed by atoms with van der Waals surface area (Å²) in [7, 11) is 0. The van der Waals surface area contributed by atoms with E-state index in [0.717, 1.165) is 19.4 Å². The SMILES string of the molecule is C=C/C=C(\C)C/C=C/C1CCC(=C)N1CCCCCCC(=C)C. The number of nitrogens with zero attached hydrogens (tertiary/aromatic N) is 1. The van der Waals surface area contributed by atoms with E-state index in [0.29, 0.717) is 6.04 Å². The Labute approximate surface area is 144 Å². The summed E-state index contributed by atoms with van der Waals surface area (Å²) in [5, 5.41) is 0. The summed E-state index contributed by atoms with van der Waals surface area (Å²) < 4.78 is 0. The number of rotatable bonds is 11. The number of unbranched alkanes of at least 4 members (excludes halogenated alkanes) is 3. The van der Waals surface area contributed by atoms with Crippen molar-refractivity contribution in [2.75, 3.05) is 6.54 Å². The van der Waals surface area contributed by atoms with Crippen molar-refractivity contribution in [2.24, 2.45) is 0 Å². The predicted molar refractivity (Wildman–Crippen MR) is 104 cm³/mol. The zero-order valence-corrected chi connectivity index (χ0v) is 15.3. The third kappa shape index (κ3) is 8.06. The van der Waals surface area contributed by atoms with Crippen LogP contribution in [0.1, 0.15) is 65.2 Å². The van der Waals surface area contributed by atoms with Crippen molar-refractivity contribution < 1.29 is 0 Å². The molecule has 1 nitrogen and oxygen atoms in total. The normalized spacial score (nSPS) is 18.9. The smallest absolute Gasteiger partial charge is 0.0473 e. The van der Waals surface area contributed by atoms with Gasteiger partial charge in [-0.1, -0.05) is 61.4 Å². The molecule has 0 bridgehead atoms. The van der Waals surface area contributed by atoms with Gasteiger partial charge in [0.15, 0.2) is 0 Å². The molecule has 0 aromatic rings. The molecular formula is C22H35N. The van der Waals surface area contributed by atoms with E-state index >= 15 is 0 Å². The number of hydrogen-bond donors (Lipinski definition) is 0. The van der Waals surface area contributed by atoms with E-state index in [1.54, 1.807) is 0 Å². The Morgan fingerprint density at radius 2 is 1.96 bits per heavy atom. The summed E-state index contributed by atoms with van der Waals surface area (Å²) in [5.41, 5.74) is 3.99. The molecule has 1 heterocycles. The Hall–Kier alpha value is -1.50. The first-order valence-corrected chi connectivity index (χ1v) is 9.08. The van der Waals surface area contributed by atoms with Crippen molar-refractivity contribution in [3.8, 4) is 0 Å². The Kier molecular flexibility index (Phi) is 9.43. The van der Waals surface area contributed by atoms with Crippen LogP contribution in [0, 0.1) is 0 Å². The summed E-state index contributed by atoms with van der Waals surface area (Å²) in [4.78, 5) is 2.52. The van der Waals surface area contributed by atoms with E-state index in [2.05, 4.69) is 56.7 Å². The molecule has 1 saturated heterocycles. The average Bonchev–Trinajstić information content (AvgIpc) is 2.83. The minimum absolute atomic E-state index is 0.550. The highest BCUT2D eigenvalue weighted by molar-refractivity contribution is 5.15. The molecule has 1 heteroatoms. The zero-order valence-electron chi connectivity index (χ0n) is 15.3. The van der Waals surface area contributed by atoms with Crippen LogP contribution < -0.4 is 0 Å². The van der Waals surface area contributed by atoms with Gasteiger partial charge in [-0.3, -0.25) is 0 Å². The second kappa shape index (κ2) is 11.1. The number of likely N-dealkylation sites (tertiary alicyclic amines) is 1. The Balaban J connectivity index is 2.32. The van der Waals surface area contributed by atoms with Crippen LogP contribution in [0.3, 0.4) is 0 Å². The molecule has 1 aliphatic rings. The van der Waals surface area contributed by atoms with Crippen LogP contribution in [0.15, 0.2) is 60.9 Å². The largest absolute Gasteiger partial charge is 0.369 e. The molecule has 0 radical (unpaired) electrons. The maximum absolute atomic E-state index is 4.25. The maximum atomic E-state index is 4.25. The number of hydrogen-bond acceptors (Lipinski definition) is 1. The monoisotopic (exact) mass is 313 g/mol. The molecular weight excluding hydrogens is 278 g/mol. The van der Waals surface area contributed by atoms with E-state index < -0.39 is 0 Å². The lowest BCUT2D eigenvalue weighted by Gasteiger charge is -2.25. The van der Waals surface area contributed by atoms with Gasteiger partial charge in [0.05, 0.1) is 0 Å². The first kappa shape index (κ1) is 19.5. The second-order valence-corrected chi connectivity index (χ2v) is 6.87. The third-order valence-electron chi connectivity index (χ3n) is 4.49. The Bertz CT molecular complexity index is 453. The van der Waals surface area contributed by atoms with E-state index in [9.17, 15) is 0 Å². The van der Waals surface area contributed by atoms with Crippen molar-refractivity contribution in [2.45, 2.75) is 71.3 Å². The molecule has 0 amide bonds. The van der Waals surface area contributed by atoms with Crippen LogP contribution >= 0.6 is 0 Å². The van der Waals surface area contributed by atoms with Crippen LogP contribution in [0.4, 0.5) is 0 Å². The van der Waals surface area contributed by atoms with Crippen LogP contribution in [-0.4, -0.2) is 17.5 Å². The van der Waals surface area contributed by atoms with Gasteiger partial charge in [0.1, 0.15) is 0 Å². The van der Waals surface area contributed by atoms with Crippen LogP contribution in [0.5, 0.6) is 0 Å². The predicted octanol–water partition coefficient (Wildman–Crippen LogP) is 6.57. The topological polar surface area (TPSA) is 3.24 Å². The highest BCUT2D eigenvalue weighted by Gasteiger charge is 2.23. The summed E-state index contributed by atoms with van der Waals surface area (Å²) in [6, 6.07) is 0.550. The van der Waals surface area contributed by atoms with Crippen LogP contribution in [0.2, 0.25) is 0 Å². The van der Waals surface area contributed by atoms with E-state index in [1.807, 2.05) is 6.08 Å². The minimum Gasteiger partial charge on any atom is -0.369 e. The summed E-state index contributed by atoms with van der Waals surface area (Å²) in [5.74, 6) is 0.